The summed E-state index contributed by atoms with van der Waals surface area (Å²) in [4.78, 5) is 42.3. The first-order valence-corrected chi connectivity index (χ1v) is 40.8. The molecule has 3 heterocycles. The standard InChI is InChI=1S/C29H40FN3O2.C29H41N3O2.C28H38FN3O2/c1-17-5-10-23-26(25(17)30)31-32-33(23)16-24(34)22-9-8-20-19-7-6-18-15-27(2,35)13-14-28(18,3)21(19)11-12-29(20,22)4;1-18-6-5-7-24-26(18)30-31-32(24)17-25(33)23-11-10-21-20-9-8-19-16-27(2,34)14-15-28(19,3)22(20)12-13-29(21,23)4;1-26(34)13-14-27(2)17(15-26)7-8-18-19-9-10-21(28(19,3)12-11-20(18)27)24(33)16-32-30-23-6-4-5-22(29)25(23)31-32/h5,10,18-22,35H,6-9,11-16H2,1-4H3;5-7,19-23,34H,8-17H2,1-4H3;4-6,17-21,34H,7-16H2,1-3H3/t18-,19-,20-,21-,22+,27+,28-,29-;19-,20-,21-,22-,23+,27+,28-,29-;17-,18-,19-,20-,21+,26+,27-,28-/m000/s1. The van der Waals surface area contributed by atoms with Gasteiger partial charge in [0, 0.05) is 17.8 Å². The van der Waals surface area contributed by atoms with Crippen molar-refractivity contribution in [2.75, 3.05) is 0 Å². The van der Waals surface area contributed by atoms with Crippen molar-refractivity contribution in [1.82, 2.24) is 45.0 Å². The molecule has 0 spiro atoms. The van der Waals surface area contributed by atoms with E-state index in [1.165, 1.54) is 81.5 Å². The lowest BCUT2D eigenvalue weighted by Crippen LogP contribution is -2.55. The molecule has 12 aliphatic carbocycles. The Morgan fingerprint density at radius 3 is 1.24 bits per heavy atom. The largest absolute Gasteiger partial charge is 0.390 e. The number of aromatic nitrogens is 9. The maximum absolute atomic E-state index is 14.5. The molecular weight excluding hydrogens is 1290 g/mol. The highest BCUT2D eigenvalue weighted by molar-refractivity contribution is 5.86. The Hall–Kier alpha value is -5.39. The lowest BCUT2D eigenvalue weighted by atomic mass is 9.44. The van der Waals surface area contributed by atoms with Crippen LogP contribution in [0.25, 0.3) is 33.1 Å². The van der Waals surface area contributed by atoms with Gasteiger partial charge >= 0.3 is 0 Å². The van der Waals surface area contributed by atoms with Crippen molar-refractivity contribution < 1.29 is 38.5 Å². The minimum Gasteiger partial charge on any atom is -0.390 e. The van der Waals surface area contributed by atoms with Crippen LogP contribution in [0.4, 0.5) is 8.78 Å². The Balaban J connectivity index is 0.000000119. The SMILES string of the molecule is C[C@@]1(O)CC[C@@]2(C)[C@@H](CC[C@@H]3[C@@H]2CC[C@]2(C)[C@@H](C(=O)Cn4nc5cccc(F)c5n4)CC[C@@H]32)C1.Cc1ccc2c(nnn2CC(=O)[C@H]2CC[C@H]3[C@@H]4CC[C@H]5C[C@](C)(O)CC[C@]5(C)[C@H]4CC[C@]23C)c1F.Cc1cccc2c1nnn2CC(=O)[C@H]1CC[C@H]2[C@@H]3CC[C@H]4C[C@](C)(O)CC[C@]4(C)[C@H]3CC[C@]12C. The van der Waals surface area contributed by atoms with Gasteiger partial charge in [-0.15, -0.1) is 15.3 Å². The van der Waals surface area contributed by atoms with Gasteiger partial charge in [-0.1, -0.05) is 76.2 Å². The van der Waals surface area contributed by atoms with E-state index < -0.39 is 22.6 Å². The molecule has 0 saturated heterocycles. The number of benzene rings is 3. The Morgan fingerprint density at radius 2 is 0.806 bits per heavy atom. The predicted molar refractivity (Wildman–Crippen MR) is 395 cm³/mol. The van der Waals surface area contributed by atoms with Gasteiger partial charge in [0.25, 0.3) is 0 Å². The van der Waals surface area contributed by atoms with Crippen LogP contribution in [0.1, 0.15) is 247 Å². The van der Waals surface area contributed by atoms with Crippen LogP contribution >= 0.6 is 0 Å². The van der Waals surface area contributed by atoms with Gasteiger partial charge in [-0.05, 0) is 347 Å². The first kappa shape index (κ1) is 71.8. The summed E-state index contributed by atoms with van der Waals surface area (Å²) in [5, 5.41) is 57.7. The smallest absolute Gasteiger partial charge is 0.159 e. The van der Waals surface area contributed by atoms with Crippen molar-refractivity contribution in [2.24, 2.45) is 121 Å². The van der Waals surface area contributed by atoms with E-state index in [4.69, 9.17) is 0 Å². The molecule has 3 N–H and O–H groups in total. The number of hydrogen-bond donors (Lipinski definition) is 3. The molecule has 18 rings (SSSR count). The second kappa shape index (κ2) is 25.6. The van der Waals surface area contributed by atoms with Gasteiger partial charge in [-0.3, -0.25) is 14.4 Å². The molecule has 12 saturated carbocycles. The number of fused-ring (bicyclic) bond motifs is 18. The number of carbonyl (C=O) groups is 3. The lowest BCUT2D eigenvalue weighted by molar-refractivity contribution is -0.151. The molecule has 0 bridgehead atoms. The zero-order chi connectivity index (χ0) is 72.5. The van der Waals surface area contributed by atoms with Gasteiger partial charge in [-0.25, -0.2) is 18.1 Å². The zero-order valence-electron chi connectivity index (χ0n) is 63.8. The molecular formula is C86H119F2N9O6. The van der Waals surface area contributed by atoms with Crippen LogP contribution in [0.15, 0.2) is 48.5 Å². The molecule has 0 amide bonds. The molecule has 12 aliphatic rings. The van der Waals surface area contributed by atoms with Crippen LogP contribution in [-0.4, -0.2) is 94.5 Å². The molecule has 15 nitrogen and oxygen atoms in total. The average Bonchev–Trinajstić information content (AvgIpc) is 1.70. The first-order valence-electron chi connectivity index (χ1n) is 40.8. The van der Waals surface area contributed by atoms with Gasteiger partial charge in [0.1, 0.15) is 41.7 Å². The number of aryl methyl sites for hydroxylation is 2. The summed E-state index contributed by atoms with van der Waals surface area (Å²) in [6, 6.07) is 14.4. The predicted octanol–water partition coefficient (Wildman–Crippen LogP) is 17.1. The number of ketones is 3. The Morgan fingerprint density at radius 1 is 0.408 bits per heavy atom. The highest BCUT2D eigenvalue weighted by Gasteiger charge is 2.66. The molecule has 558 valence electrons. The van der Waals surface area contributed by atoms with E-state index in [-0.39, 0.29) is 75.5 Å². The van der Waals surface area contributed by atoms with E-state index in [1.807, 2.05) is 56.6 Å². The van der Waals surface area contributed by atoms with Crippen molar-refractivity contribution in [1.29, 1.82) is 0 Å². The Kier molecular flexibility index (Phi) is 17.9. The number of aliphatic hydroxyl groups is 3. The van der Waals surface area contributed by atoms with Crippen molar-refractivity contribution in [3.63, 3.8) is 0 Å². The number of halogens is 2. The third kappa shape index (κ3) is 11.9. The van der Waals surface area contributed by atoms with Crippen molar-refractivity contribution in [3.05, 3.63) is 71.3 Å². The maximum atomic E-state index is 14.5. The van der Waals surface area contributed by atoms with Crippen LogP contribution < -0.4 is 0 Å². The topological polar surface area (TPSA) is 204 Å². The van der Waals surface area contributed by atoms with Crippen LogP contribution in [0, 0.1) is 147 Å². The summed E-state index contributed by atoms with van der Waals surface area (Å²) >= 11 is 0. The molecule has 3 aromatic heterocycles. The molecule has 3 aromatic carbocycles. The van der Waals surface area contributed by atoms with Crippen LogP contribution in [-0.2, 0) is 34.0 Å². The van der Waals surface area contributed by atoms with Crippen LogP contribution in [0.3, 0.4) is 0 Å². The fraction of sp³-hybridized carbons (Fsp3) is 0.756. The number of carbonyl (C=O) groups excluding carboxylic acids is 3. The monoisotopic (exact) mass is 1410 g/mol. The zero-order valence-corrected chi connectivity index (χ0v) is 63.8. The van der Waals surface area contributed by atoms with Gasteiger partial charge < -0.3 is 15.3 Å². The van der Waals surface area contributed by atoms with Crippen LogP contribution in [0.5, 0.6) is 0 Å². The summed E-state index contributed by atoms with van der Waals surface area (Å²) < 4.78 is 31.9. The molecule has 17 heteroatoms. The second-order valence-electron chi connectivity index (χ2n) is 39.3. The van der Waals surface area contributed by atoms with E-state index in [0.717, 1.165) is 143 Å². The summed E-state index contributed by atoms with van der Waals surface area (Å²) in [5.74, 6) is 8.37. The van der Waals surface area contributed by atoms with E-state index in [2.05, 4.69) is 72.4 Å². The van der Waals surface area contributed by atoms with Gasteiger partial charge in [-0.2, -0.15) is 9.90 Å². The highest BCUT2D eigenvalue weighted by atomic mass is 19.1. The Labute approximate surface area is 609 Å². The van der Waals surface area contributed by atoms with E-state index >= 15 is 0 Å². The third-order valence-electron chi connectivity index (χ3n) is 33.9. The summed E-state index contributed by atoms with van der Waals surface area (Å²) in [7, 11) is 0. The highest BCUT2D eigenvalue weighted by Crippen LogP contribution is 2.72. The van der Waals surface area contributed by atoms with Gasteiger partial charge in [0.15, 0.2) is 29.0 Å². The van der Waals surface area contributed by atoms with Gasteiger partial charge in [0.05, 0.1) is 27.8 Å². The summed E-state index contributed by atoms with van der Waals surface area (Å²) in [6.45, 7) is 25.3. The van der Waals surface area contributed by atoms with E-state index in [1.54, 1.807) is 29.8 Å². The maximum Gasteiger partial charge on any atom is 0.159 e. The second-order valence-corrected chi connectivity index (χ2v) is 39.3. The van der Waals surface area contributed by atoms with E-state index in [0.29, 0.717) is 92.5 Å². The normalized spacial score (nSPS) is 43.6. The number of nitrogens with zero attached hydrogens (tertiary/aromatic N) is 9. The van der Waals surface area contributed by atoms with Crippen molar-refractivity contribution in [3.8, 4) is 0 Å². The third-order valence-corrected chi connectivity index (χ3v) is 33.9. The average molecular weight is 1410 g/mol. The van der Waals surface area contributed by atoms with Crippen molar-refractivity contribution in [2.45, 2.75) is 286 Å². The van der Waals surface area contributed by atoms with Crippen LogP contribution in [0.2, 0.25) is 0 Å². The molecule has 0 radical (unpaired) electrons. The molecule has 103 heavy (non-hydrogen) atoms. The Bertz CT molecular complexity index is 4260. The minimum absolute atomic E-state index is 0.0371. The van der Waals surface area contributed by atoms with Crippen molar-refractivity contribution >= 4 is 50.4 Å². The fourth-order valence-electron chi connectivity index (χ4n) is 28.1. The summed E-state index contributed by atoms with van der Waals surface area (Å²) in [5.41, 5.74) is 4.87. The quantitative estimate of drug-likeness (QED) is 0.124. The van der Waals surface area contributed by atoms with E-state index in [9.17, 15) is 38.5 Å². The molecule has 0 aliphatic heterocycles. The fourth-order valence-corrected chi connectivity index (χ4v) is 28.1. The number of Topliss-reactive ketones (excluding diaryl/α,β-unsaturated/α-hetero) is 3. The van der Waals surface area contributed by atoms with Gasteiger partial charge in [0.2, 0.25) is 0 Å². The summed E-state index contributed by atoms with van der Waals surface area (Å²) in [6.07, 6.45) is 30.0. The molecule has 6 aromatic rings. The molecule has 24 atom stereocenters. The number of hydrogen-bond acceptors (Lipinski definition) is 12. The minimum atomic E-state index is -0.502. The molecule has 12 fully saturated rings. The number of rotatable bonds is 9. The lowest BCUT2D eigenvalue weighted by Gasteiger charge is -2.61. The first-order chi connectivity index (χ1) is 48.8. The molecule has 0 unspecified atom stereocenters.